The van der Waals surface area contributed by atoms with Crippen molar-refractivity contribution in [1.29, 1.82) is 0 Å². The van der Waals surface area contributed by atoms with Gasteiger partial charge in [-0.1, -0.05) is 18.2 Å². The molecule has 4 rings (SSSR count). The fraction of sp³-hybridized carbons (Fsp3) is 0.333. The van der Waals surface area contributed by atoms with E-state index in [2.05, 4.69) is 10.3 Å². The fourth-order valence-electron chi connectivity index (χ4n) is 4.71. The molecule has 2 N–H and O–H groups in total. The molecule has 1 aromatic carbocycles. The van der Waals surface area contributed by atoms with E-state index in [-0.39, 0.29) is 11.9 Å². The Balaban J connectivity index is 1.91. The lowest BCUT2D eigenvalue weighted by atomic mass is 9.91. The lowest BCUT2D eigenvalue weighted by Crippen LogP contribution is -2.35. The van der Waals surface area contributed by atoms with E-state index in [1.807, 2.05) is 42.5 Å². The average molecular weight is 463 g/mol. The van der Waals surface area contributed by atoms with E-state index in [1.165, 1.54) is 6.92 Å². The molecule has 0 bridgehead atoms. The molecule has 7 nitrogen and oxygen atoms in total. The summed E-state index contributed by atoms with van der Waals surface area (Å²) >= 11 is 0. The number of ether oxygens (including phenoxy) is 3. The van der Waals surface area contributed by atoms with Crippen molar-refractivity contribution in [2.45, 2.75) is 38.3 Å². The van der Waals surface area contributed by atoms with Gasteiger partial charge in [-0.25, -0.2) is 0 Å². The summed E-state index contributed by atoms with van der Waals surface area (Å²) in [4.78, 5) is 16.5. The molecule has 34 heavy (non-hydrogen) atoms. The van der Waals surface area contributed by atoms with Crippen LogP contribution in [0.5, 0.6) is 17.2 Å². The number of hydrogen-bond donors (Lipinski definition) is 2. The summed E-state index contributed by atoms with van der Waals surface area (Å²) in [7, 11) is 4.78. The van der Waals surface area contributed by atoms with Crippen LogP contribution in [-0.4, -0.2) is 49.5 Å². The number of nitrogens with zero attached hydrogens (tertiary/aromatic N) is 1. The highest BCUT2D eigenvalue weighted by atomic mass is 16.5. The van der Waals surface area contributed by atoms with E-state index in [0.29, 0.717) is 36.5 Å². The number of aryl methyl sites for hydroxylation is 1. The molecule has 0 radical (unpaired) electrons. The number of pyridine rings is 1. The maximum atomic E-state index is 12.1. The van der Waals surface area contributed by atoms with Crippen molar-refractivity contribution >= 4 is 11.5 Å². The third-order valence-corrected chi connectivity index (χ3v) is 6.24. The first-order valence-corrected chi connectivity index (χ1v) is 11.3. The molecule has 2 aromatic rings. The highest BCUT2D eigenvalue weighted by Crippen LogP contribution is 2.49. The number of benzene rings is 1. The van der Waals surface area contributed by atoms with Crippen molar-refractivity contribution in [1.82, 2.24) is 10.3 Å². The van der Waals surface area contributed by atoms with Crippen LogP contribution in [0.2, 0.25) is 0 Å². The van der Waals surface area contributed by atoms with Crippen LogP contribution in [0.4, 0.5) is 0 Å². The van der Waals surface area contributed by atoms with Gasteiger partial charge in [0.15, 0.2) is 11.5 Å². The van der Waals surface area contributed by atoms with Crippen LogP contribution in [-0.2, 0) is 17.6 Å². The van der Waals surface area contributed by atoms with E-state index in [0.717, 1.165) is 33.5 Å². The number of aliphatic hydroxyl groups is 1. The number of carbonyl (C=O) groups is 1. The third kappa shape index (κ3) is 4.56. The van der Waals surface area contributed by atoms with Crippen molar-refractivity contribution in [3.05, 3.63) is 76.7 Å². The van der Waals surface area contributed by atoms with Crippen molar-refractivity contribution < 1.29 is 24.1 Å². The molecule has 1 amide bonds. The normalized spacial score (nSPS) is 19.3. The van der Waals surface area contributed by atoms with Gasteiger partial charge in [-0.15, -0.1) is 0 Å². The summed E-state index contributed by atoms with van der Waals surface area (Å²) in [6, 6.07) is 7.43. The highest BCUT2D eigenvalue weighted by Gasteiger charge is 2.32. The summed E-state index contributed by atoms with van der Waals surface area (Å²) in [5, 5.41) is 14.2. The van der Waals surface area contributed by atoms with Gasteiger partial charge in [0.2, 0.25) is 11.7 Å². The average Bonchev–Trinajstić information content (AvgIpc) is 3.07. The van der Waals surface area contributed by atoms with Crippen LogP contribution in [0.3, 0.4) is 0 Å². The minimum atomic E-state index is -0.824. The van der Waals surface area contributed by atoms with Crippen molar-refractivity contribution in [2.75, 3.05) is 21.3 Å². The molecular weight excluding hydrogens is 432 g/mol. The summed E-state index contributed by atoms with van der Waals surface area (Å²) in [6.07, 6.45) is 8.54. The molecule has 0 fully saturated rings. The number of nitrogens with one attached hydrogen (secondary N) is 1. The molecule has 0 spiro atoms. The largest absolute Gasteiger partial charge is 0.493 e. The quantitative estimate of drug-likeness (QED) is 0.684. The Morgan fingerprint density at radius 1 is 1.15 bits per heavy atom. The molecule has 2 aliphatic carbocycles. The van der Waals surface area contributed by atoms with Crippen molar-refractivity contribution in [3.8, 4) is 17.2 Å². The van der Waals surface area contributed by atoms with Crippen molar-refractivity contribution in [2.24, 2.45) is 0 Å². The lowest BCUT2D eigenvalue weighted by Gasteiger charge is -2.23. The van der Waals surface area contributed by atoms with Crippen LogP contribution in [0.25, 0.3) is 5.57 Å². The van der Waals surface area contributed by atoms with Gasteiger partial charge in [-0.2, -0.15) is 0 Å². The number of fused-ring (bicyclic) bond motifs is 3. The van der Waals surface area contributed by atoms with Gasteiger partial charge >= 0.3 is 0 Å². The maximum absolute atomic E-state index is 12.1. The number of hydrogen-bond acceptors (Lipinski definition) is 6. The predicted octanol–water partition coefficient (Wildman–Crippen LogP) is 3.41. The molecule has 1 aromatic heterocycles. The van der Waals surface area contributed by atoms with Crippen LogP contribution >= 0.6 is 0 Å². The predicted molar refractivity (Wildman–Crippen MR) is 130 cm³/mol. The summed E-state index contributed by atoms with van der Waals surface area (Å²) in [6.45, 7) is 1.51. The second-order valence-corrected chi connectivity index (χ2v) is 8.36. The molecule has 0 aliphatic heterocycles. The maximum Gasteiger partial charge on any atom is 0.217 e. The second kappa shape index (κ2) is 10.1. The Kier molecular flexibility index (Phi) is 7.03. The number of carbonyl (C=O) groups excluding carboxylic acids is 1. The Labute approximate surface area is 199 Å². The second-order valence-electron chi connectivity index (χ2n) is 8.36. The smallest absolute Gasteiger partial charge is 0.217 e. The zero-order chi connectivity index (χ0) is 24.2. The first-order valence-electron chi connectivity index (χ1n) is 11.3. The number of methoxy groups -OCH3 is 3. The zero-order valence-corrected chi connectivity index (χ0v) is 19.9. The number of aromatic nitrogens is 1. The van der Waals surface area contributed by atoms with Gasteiger partial charge in [0.25, 0.3) is 0 Å². The Morgan fingerprint density at radius 3 is 2.59 bits per heavy atom. The summed E-state index contributed by atoms with van der Waals surface area (Å²) in [5.41, 5.74) is 5.31. The SMILES string of the molecule is COc1cc2c(c(OC)c1OC)C1=CC=C(Cc3ccccn3)[C@@H](O)C=C1[C@@H](NC(C)=O)CC2. The fourth-order valence-corrected chi connectivity index (χ4v) is 4.71. The van der Waals surface area contributed by atoms with E-state index < -0.39 is 6.10 Å². The zero-order valence-electron chi connectivity index (χ0n) is 19.9. The molecule has 0 saturated heterocycles. The van der Waals surface area contributed by atoms with Crippen LogP contribution < -0.4 is 19.5 Å². The van der Waals surface area contributed by atoms with Gasteiger partial charge in [-0.3, -0.25) is 9.78 Å². The van der Waals surface area contributed by atoms with Crippen LogP contribution in [0.15, 0.2) is 59.8 Å². The molecule has 7 heteroatoms. The number of amides is 1. The van der Waals surface area contributed by atoms with Gasteiger partial charge in [0.05, 0.1) is 33.5 Å². The third-order valence-electron chi connectivity index (χ3n) is 6.24. The first kappa shape index (κ1) is 23.6. The van der Waals surface area contributed by atoms with Gasteiger partial charge < -0.3 is 24.6 Å². The Hall–Kier alpha value is -3.58. The molecule has 1 heterocycles. The minimum Gasteiger partial charge on any atom is -0.493 e. The van der Waals surface area contributed by atoms with E-state index in [4.69, 9.17) is 14.2 Å². The van der Waals surface area contributed by atoms with Crippen LogP contribution in [0.1, 0.15) is 30.2 Å². The van der Waals surface area contributed by atoms with E-state index in [1.54, 1.807) is 27.5 Å². The molecule has 0 unspecified atom stereocenters. The van der Waals surface area contributed by atoms with Gasteiger partial charge in [0.1, 0.15) is 0 Å². The van der Waals surface area contributed by atoms with E-state index >= 15 is 0 Å². The summed E-state index contributed by atoms with van der Waals surface area (Å²) < 4.78 is 17.1. The van der Waals surface area contributed by atoms with Gasteiger partial charge in [0, 0.05) is 30.8 Å². The molecule has 2 aliphatic rings. The number of aliphatic hydroxyl groups excluding tert-OH is 1. The minimum absolute atomic E-state index is 0.126. The first-order chi connectivity index (χ1) is 16.5. The number of rotatable bonds is 6. The van der Waals surface area contributed by atoms with Crippen molar-refractivity contribution in [3.63, 3.8) is 0 Å². The summed E-state index contributed by atoms with van der Waals surface area (Å²) in [5.74, 6) is 1.53. The standard InChI is InChI=1S/C27H30N2O5/c1-16(30)29-22-11-9-18-14-24(32-2)26(33-3)27(34-4)25(18)20-10-8-17(23(31)15-21(20)22)13-19-7-5-6-12-28-19/h5-8,10,12,14-15,22-23,31H,9,11,13H2,1-4H3,(H,29,30)/t22-,23-/m0/s1. The monoisotopic (exact) mass is 462 g/mol. The number of allylic oxidation sites excluding steroid dienone is 2. The molecule has 178 valence electrons. The molecular formula is C27H30N2O5. The van der Waals surface area contributed by atoms with Gasteiger partial charge in [-0.05, 0) is 59.4 Å². The van der Waals surface area contributed by atoms with Crippen LogP contribution in [0, 0.1) is 0 Å². The molecule has 2 atom stereocenters. The Bertz CT molecular complexity index is 1170. The Morgan fingerprint density at radius 2 is 1.94 bits per heavy atom. The topological polar surface area (TPSA) is 89.9 Å². The lowest BCUT2D eigenvalue weighted by molar-refractivity contribution is -0.119. The van der Waals surface area contributed by atoms with E-state index in [9.17, 15) is 9.90 Å². The highest BCUT2D eigenvalue weighted by molar-refractivity contribution is 5.90. The molecule has 0 saturated carbocycles.